The smallest absolute Gasteiger partial charge is 0.295 e. The van der Waals surface area contributed by atoms with Crippen molar-refractivity contribution in [1.29, 1.82) is 0 Å². The molecule has 0 radical (unpaired) electrons. The van der Waals surface area contributed by atoms with Gasteiger partial charge in [0.2, 0.25) is 5.78 Å². The van der Waals surface area contributed by atoms with Crippen LogP contribution in [0.3, 0.4) is 0 Å². The maximum atomic E-state index is 13.7. The minimum absolute atomic E-state index is 0.0604. The average molecular weight is 439 g/mol. The number of likely N-dealkylation sites (N-methyl/N-ethyl adjacent to an activating group) is 1. The van der Waals surface area contributed by atoms with Crippen LogP contribution in [0.4, 0.5) is 0 Å². The van der Waals surface area contributed by atoms with Crippen molar-refractivity contribution in [3.8, 4) is 0 Å². The highest BCUT2D eigenvalue weighted by Crippen LogP contribution is 2.39. The second kappa shape index (κ2) is 8.17. The van der Waals surface area contributed by atoms with Crippen molar-refractivity contribution >= 4 is 34.7 Å². The summed E-state index contributed by atoms with van der Waals surface area (Å²) >= 11 is 6.20. The molecule has 160 valence electrons. The average Bonchev–Trinajstić information content (AvgIpc) is 3.19. The first kappa shape index (κ1) is 21.1. The summed E-state index contributed by atoms with van der Waals surface area (Å²) in [6.45, 7) is 2.70. The zero-order chi connectivity index (χ0) is 22.3. The molecule has 1 fully saturated rings. The van der Waals surface area contributed by atoms with Crippen LogP contribution in [0.1, 0.15) is 23.0 Å². The first-order valence-corrected chi connectivity index (χ1v) is 10.4. The number of fused-ring (bicyclic) bond motifs is 1. The Morgan fingerprint density at radius 2 is 1.97 bits per heavy atom. The topological polar surface area (TPSA) is 82.2 Å². The number of imidazole rings is 1. The van der Waals surface area contributed by atoms with Gasteiger partial charge in [-0.15, -0.1) is 0 Å². The Hall–Kier alpha value is -3.16. The third-order valence-electron chi connectivity index (χ3n) is 5.47. The molecule has 1 saturated heterocycles. The fraction of sp³-hybridized carbons (Fsp3) is 0.261. The van der Waals surface area contributed by atoms with Crippen LogP contribution in [0.2, 0.25) is 5.02 Å². The Morgan fingerprint density at radius 3 is 2.68 bits per heavy atom. The number of aromatic nitrogens is 2. The summed E-state index contributed by atoms with van der Waals surface area (Å²) in [5.74, 6) is -1.92. The molecule has 3 heterocycles. The lowest BCUT2D eigenvalue weighted by atomic mass is 9.96. The zero-order valence-electron chi connectivity index (χ0n) is 17.6. The zero-order valence-corrected chi connectivity index (χ0v) is 18.3. The number of nitrogens with zero attached hydrogens (tertiary/aromatic N) is 3. The van der Waals surface area contributed by atoms with Crippen molar-refractivity contribution in [3.05, 3.63) is 76.2 Å². The van der Waals surface area contributed by atoms with Gasteiger partial charge in [-0.05, 0) is 36.8 Å². The lowest BCUT2D eigenvalue weighted by molar-refractivity contribution is -0.857. The van der Waals surface area contributed by atoms with E-state index in [1.807, 2.05) is 20.2 Å². The largest absolute Gasteiger partial charge is 0.871 e. The molecule has 1 aliphatic rings. The summed E-state index contributed by atoms with van der Waals surface area (Å²) in [4.78, 5) is 33.1. The molecular formula is C23H23ClN4O3. The number of aryl methyl sites for hydroxylation is 1. The molecule has 1 aromatic carbocycles. The van der Waals surface area contributed by atoms with Gasteiger partial charge in [0.25, 0.3) is 5.91 Å². The first-order chi connectivity index (χ1) is 14.8. The van der Waals surface area contributed by atoms with Gasteiger partial charge in [0.1, 0.15) is 5.65 Å². The third kappa shape index (κ3) is 3.71. The number of carbonyl (C=O) groups excluding carboxylic acids is 2. The van der Waals surface area contributed by atoms with Gasteiger partial charge in [-0.2, -0.15) is 0 Å². The molecule has 0 saturated carbocycles. The van der Waals surface area contributed by atoms with E-state index < -0.39 is 23.5 Å². The van der Waals surface area contributed by atoms with E-state index in [1.165, 1.54) is 4.90 Å². The van der Waals surface area contributed by atoms with E-state index in [2.05, 4.69) is 4.98 Å². The van der Waals surface area contributed by atoms with Crippen LogP contribution < -0.4 is 10.0 Å². The second-order valence-electron chi connectivity index (χ2n) is 7.96. The molecule has 1 N–H and O–H groups in total. The molecule has 0 bridgehead atoms. The number of carbonyl (C=O) groups is 2. The van der Waals surface area contributed by atoms with Gasteiger partial charge in [0.15, 0.2) is 0 Å². The van der Waals surface area contributed by atoms with E-state index in [4.69, 9.17) is 11.6 Å². The molecule has 1 amide bonds. The number of benzene rings is 1. The number of hydrogen-bond donors (Lipinski definition) is 1. The number of pyridine rings is 1. The number of rotatable bonds is 5. The fourth-order valence-electron chi connectivity index (χ4n) is 3.98. The molecule has 3 aromatic rings. The maximum Gasteiger partial charge on any atom is 0.295 e. The number of hydrogen-bond acceptors (Lipinski definition) is 4. The highest BCUT2D eigenvalue weighted by Gasteiger charge is 2.44. The molecule has 1 unspecified atom stereocenters. The fourth-order valence-corrected chi connectivity index (χ4v) is 4.18. The van der Waals surface area contributed by atoms with E-state index >= 15 is 0 Å². The first-order valence-electron chi connectivity index (χ1n) is 10.0. The second-order valence-corrected chi connectivity index (χ2v) is 8.40. The van der Waals surface area contributed by atoms with Gasteiger partial charge in [0, 0.05) is 16.8 Å². The normalized spacial score (nSPS) is 18.5. The van der Waals surface area contributed by atoms with Gasteiger partial charge < -0.3 is 19.3 Å². The van der Waals surface area contributed by atoms with Crippen molar-refractivity contribution in [2.45, 2.75) is 13.0 Å². The Kier molecular flexibility index (Phi) is 5.56. The third-order valence-corrected chi connectivity index (χ3v) is 5.70. The molecule has 8 heteroatoms. The van der Waals surface area contributed by atoms with E-state index in [-0.39, 0.29) is 5.57 Å². The molecule has 0 aliphatic carbocycles. The molecule has 0 spiro atoms. The summed E-state index contributed by atoms with van der Waals surface area (Å²) in [5, 5.41) is 14.2. The molecular weight excluding hydrogens is 416 g/mol. The lowest BCUT2D eigenvalue weighted by Crippen LogP contribution is -3.06. The van der Waals surface area contributed by atoms with Crippen molar-refractivity contribution in [2.75, 3.05) is 27.2 Å². The van der Waals surface area contributed by atoms with Crippen LogP contribution in [-0.4, -0.2) is 53.2 Å². The predicted molar refractivity (Wildman–Crippen MR) is 115 cm³/mol. The molecule has 31 heavy (non-hydrogen) atoms. The Bertz CT molecular complexity index is 1210. The van der Waals surface area contributed by atoms with E-state index in [0.29, 0.717) is 40.7 Å². The molecule has 7 nitrogen and oxygen atoms in total. The van der Waals surface area contributed by atoms with Crippen LogP contribution in [0.25, 0.3) is 11.4 Å². The number of amides is 1. The quantitative estimate of drug-likeness (QED) is 0.360. The number of halogens is 1. The Balaban J connectivity index is 1.93. The Labute approximate surface area is 185 Å². The summed E-state index contributed by atoms with van der Waals surface area (Å²) in [6.07, 6.45) is 1.73. The maximum absolute atomic E-state index is 13.7. The van der Waals surface area contributed by atoms with Crippen LogP contribution in [-0.2, 0) is 9.59 Å². The highest BCUT2D eigenvalue weighted by atomic mass is 35.5. The van der Waals surface area contributed by atoms with Crippen LogP contribution in [0.5, 0.6) is 0 Å². The lowest BCUT2D eigenvalue weighted by Gasteiger charge is -2.27. The van der Waals surface area contributed by atoms with Gasteiger partial charge in [-0.25, -0.2) is 4.98 Å². The van der Waals surface area contributed by atoms with Crippen LogP contribution in [0, 0.1) is 6.92 Å². The summed E-state index contributed by atoms with van der Waals surface area (Å²) in [7, 11) is 3.93. The van der Waals surface area contributed by atoms with Gasteiger partial charge in [-0.3, -0.25) is 9.59 Å². The molecule has 1 atom stereocenters. The molecule has 1 aliphatic heterocycles. The highest BCUT2D eigenvalue weighted by molar-refractivity contribution is 6.46. The van der Waals surface area contributed by atoms with E-state index in [0.717, 1.165) is 4.90 Å². The predicted octanol–water partition coefficient (Wildman–Crippen LogP) is 0.665. The van der Waals surface area contributed by atoms with Crippen molar-refractivity contribution in [3.63, 3.8) is 0 Å². The summed E-state index contributed by atoms with van der Waals surface area (Å²) in [5.41, 5.74) is 1.97. The minimum atomic E-state index is -0.792. The SMILES string of the molecule is Cc1nc2ccccn2c1/C([O-])=C1\C(=O)C(=O)N(CC[NH+](C)C)C1c1cccc(Cl)c1. The minimum Gasteiger partial charge on any atom is -0.871 e. The number of likely N-dealkylation sites (tertiary alicyclic amines) is 1. The monoisotopic (exact) mass is 438 g/mol. The van der Waals surface area contributed by atoms with Crippen LogP contribution in [0.15, 0.2) is 54.2 Å². The van der Waals surface area contributed by atoms with Crippen molar-refractivity contribution in [2.24, 2.45) is 0 Å². The Morgan fingerprint density at radius 1 is 1.19 bits per heavy atom. The van der Waals surface area contributed by atoms with Gasteiger partial charge in [0.05, 0.1) is 44.6 Å². The van der Waals surface area contributed by atoms with Crippen molar-refractivity contribution < 1.29 is 19.6 Å². The van der Waals surface area contributed by atoms with Gasteiger partial charge >= 0.3 is 0 Å². The van der Waals surface area contributed by atoms with Crippen LogP contribution >= 0.6 is 11.6 Å². The standard InChI is InChI=1S/C23H23ClN4O3/c1-14-19(27-10-5-4-9-17(27)25-14)21(29)18-20(15-7-6-8-16(24)13-15)28(12-11-26(2)3)23(31)22(18)30/h4-10,13,20,29H,11-12H2,1-3H3/b21-18+. The number of ketones is 1. The molecule has 2 aromatic heterocycles. The van der Waals surface area contributed by atoms with Gasteiger partial charge in [-0.1, -0.05) is 35.6 Å². The summed E-state index contributed by atoms with van der Waals surface area (Å²) < 4.78 is 1.66. The number of Topliss-reactive ketones (excluding diaryl/α,β-unsaturated/α-hetero) is 1. The number of quaternary nitrogens is 1. The molecule has 4 rings (SSSR count). The summed E-state index contributed by atoms with van der Waals surface area (Å²) in [6, 6.07) is 11.6. The van der Waals surface area contributed by atoms with Crippen molar-refractivity contribution in [1.82, 2.24) is 14.3 Å². The van der Waals surface area contributed by atoms with E-state index in [1.54, 1.807) is 53.9 Å². The van der Waals surface area contributed by atoms with E-state index in [9.17, 15) is 14.7 Å². The number of nitrogens with one attached hydrogen (secondary N) is 1.